The molecular weight excluding hydrogens is 242 g/mol. The number of carbonyl (C=O) groups is 1. The number of hydrogen-bond donors (Lipinski definition) is 3. The third kappa shape index (κ3) is 5.40. The predicted octanol–water partition coefficient (Wildman–Crippen LogP) is 2.04. The van der Waals surface area contributed by atoms with E-state index in [1.54, 1.807) is 24.3 Å². The summed E-state index contributed by atoms with van der Waals surface area (Å²) in [5.74, 6) is 0. The summed E-state index contributed by atoms with van der Waals surface area (Å²) in [6.07, 6.45) is 0.845. The van der Waals surface area contributed by atoms with Crippen molar-refractivity contribution in [3.05, 3.63) is 29.8 Å². The quantitative estimate of drug-likeness (QED) is 0.758. The van der Waals surface area contributed by atoms with Gasteiger partial charge >= 0.3 is 6.03 Å². The molecule has 102 valence electrons. The number of nitriles is 1. The first kappa shape index (κ1) is 15.0. The molecule has 3 N–H and O–H groups in total. The molecule has 0 fully saturated rings. The first-order valence-electron chi connectivity index (χ1n) is 6.13. The second-order valence-corrected chi connectivity index (χ2v) is 4.97. The lowest BCUT2D eigenvalue weighted by Crippen LogP contribution is -2.46. The summed E-state index contributed by atoms with van der Waals surface area (Å²) >= 11 is 0. The molecule has 0 aromatic heterocycles. The van der Waals surface area contributed by atoms with Gasteiger partial charge in [0, 0.05) is 17.8 Å². The number of nitrogens with one attached hydrogen (secondary N) is 2. The molecule has 1 aromatic rings. The van der Waals surface area contributed by atoms with Gasteiger partial charge in [0.15, 0.2) is 0 Å². The molecule has 0 aliphatic heterocycles. The maximum atomic E-state index is 11.8. The minimum atomic E-state index is -0.459. The smallest absolute Gasteiger partial charge is 0.319 e. The monoisotopic (exact) mass is 261 g/mol. The van der Waals surface area contributed by atoms with Crippen LogP contribution in [0.1, 0.15) is 25.8 Å². The Morgan fingerprint density at radius 3 is 2.53 bits per heavy atom. The molecule has 0 aliphatic carbocycles. The van der Waals surface area contributed by atoms with Gasteiger partial charge in [0.25, 0.3) is 0 Å². The molecule has 19 heavy (non-hydrogen) atoms. The molecule has 1 rings (SSSR count). The van der Waals surface area contributed by atoms with E-state index in [9.17, 15) is 4.79 Å². The van der Waals surface area contributed by atoms with Gasteiger partial charge in [-0.3, -0.25) is 0 Å². The lowest BCUT2D eigenvalue weighted by atomic mass is 10.0. The van der Waals surface area contributed by atoms with Gasteiger partial charge in [0.05, 0.1) is 12.5 Å². The summed E-state index contributed by atoms with van der Waals surface area (Å²) in [6, 6.07) is 8.87. The van der Waals surface area contributed by atoms with Crippen molar-refractivity contribution in [2.45, 2.75) is 32.2 Å². The topological polar surface area (TPSA) is 85.2 Å². The van der Waals surface area contributed by atoms with Gasteiger partial charge in [-0.1, -0.05) is 12.1 Å². The Morgan fingerprint density at radius 2 is 2.00 bits per heavy atom. The molecule has 0 heterocycles. The summed E-state index contributed by atoms with van der Waals surface area (Å²) in [7, 11) is 0. The molecule has 5 nitrogen and oxygen atoms in total. The number of amides is 2. The highest BCUT2D eigenvalue weighted by Gasteiger charge is 2.19. The second kappa shape index (κ2) is 6.76. The van der Waals surface area contributed by atoms with E-state index < -0.39 is 5.54 Å². The van der Waals surface area contributed by atoms with E-state index in [1.165, 1.54) is 0 Å². The van der Waals surface area contributed by atoms with Crippen LogP contribution in [0, 0.1) is 11.3 Å². The number of carbonyl (C=O) groups excluding carboxylic acids is 1. The zero-order chi connectivity index (χ0) is 14.3. The summed E-state index contributed by atoms with van der Waals surface area (Å²) in [6.45, 7) is 3.72. The minimum absolute atomic E-state index is 0.0239. The standard InChI is InChI=1S/C14H19N3O2/c1-14(2,8-10-18)17-13(19)16-12-5-3-11(4-6-12)7-9-15/h3-6,18H,7-8,10H2,1-2H3,(H2,16,17,19). The zero-order valence-electron chi connectivity index (χ0n) is 11.2. The highest BCUT2D eigenvalue weighted by atomic mass is 16.3. The van der Waals surface area contributed by atoms with Gasteiger partial charge in [0.2, 0.25) is 0 Å². The Morgan fingerprint density at radius 1 is 1.37 bits per heavy atom. The number of benzene rings is 1. The maximum Gasteiger partial charge on any atom is 0.319 e. The number of anilines is 1. The highest BCUT2D eigenvalue weighted by molar-refractivity contribution is 5.89. The molecule has 0 saturated heterocycles. The molecule has 1 aromatic carbocycles. The molecular formula is C14H19N3O2. The third-order valence-electron chi connectivity index (χ3n) is 2.68. The van der Waals surface area contributed by atoms with Crippen molar-refractivity contribution in [2.24, 2.45) is 0 Å². The Balaban J connectivity index is 2.55. The molecule has 0 spiro atoms. The van der Waals surface area contributed by atoms with Gasteiger partial charge in [-0.25, -0.2) is 4.79 Å². The number of nitrogens with zero attached hydrogens (tertiary/aromatic N) is 1. The average molecular weight is 261 g/mol. The number of rotatable bonds is 5. The van der Waals surface area contributed by atoms with Crippen molar-refractivity contribution in [1.82, 2.24) is 5.32 Å². The van der Waals surface area contributed by atoms with Crippen molar-refractivity contribution in [3.8, 4) is 6.07 Å². The second-order valence-electron chi connectivity index (χ2n) is 4.97. The van der Waals surface area contributed by atoms with E-state index in [4.69, 9.17) is 10.4 Å². The molecule has 0 aliphatic rings. The largest absolute Gasteiger partial charge is 0.396 e. The van der Waals surface area contributed by atoms with Gasteiger partial charge in [-0.2, -0.15) is 5.26 Å². The molecule has 5 heteroatoms. The average Bonchev–Trinajstić information content (AvgIpc) is 2.31. The molecule has 2 amide bonds. The number of aliphatic hydroxyl groups is 1. The molecule has 0 atom stereocenters. The first-order chi connectivity index (χ1) is 8.96. The fourth-order valence-electron chi connectivity index (χ4n) is 1.61. The van der Waals surface area contributed by atoms with Crippen LogP contribution in [-0.2, 0) is 6.42 Å². The van der Waals surface area contributed by atoms with Crippen LogP contribution >= 0.6 is 0 Å². The van der Waals surface area contributed by atoms with Crippen LogP contribution in [0.3, 0.4) is 0 Å². The normalized spacial score (nSPS) is 10.6. The Bertz CT molecular complexity index is 461. The number of aliphatic hydroxyl groups excluding tert-OH is 1. The fraction of sp³-hybridized carbons (Fsp3) is 0.429. The third-order valence-corrected chi connectivity index (χ3v) is 2.68. The molecule has 0 saturated carbocycles. The van der Waals surface area contributed by atoms with E-state index in [0.29, 0.717) is 18.5 Å². The molecule has 0 radical (unpaired) electrons. The van der Waals surface area contributed by atoms with Crippen molar-refractivity contribution in [2.75, 3.05) is 11.9 Å². The Kier molecular flexibility index (Phi) is 5.34. The lowest BCUT2D eigenvalue weighted by Gasteiger charge is -2.25. The Labute approximate surface area is 113 Å². The molecule has 0 unspecified atom stereocenters. The SMILES string of the molecule is CC(C)(CCO)NC(=O)Nc1ccc(CC#N)cc1. The number of urea groups is 1. The van der Waals surface area contributed by atoms with E-state index in [1.807, 2.05) is 13.8 Å². The first-order valence-corrected chi connectivity index (χ1v) is 6.13. The summed E-state index contributed by atoms with van der Waals surface area (Å²) < 4.78 is 0. The van der Waals surface area contributed by atoms with Crippen LogP contribution in [0.5, 0.6) is 0 Å². The van der Waals surface area contributed by atoms with Crippen LogP contribution in [0.25, 0.3) is 0 Å². The van der Waals surface area contributed by atoms with Crippen LogP contribution in [0.4, 0.5) is 10.5 Å². The van der Waals surface area contributed by atoms with E-state index in [2.05, 4.69) is 16.7 Å². The zero-order valence-corrected chi connectivity index (χ0v) is 11.2. The Hall–Kier alpha value is -2.06. The maximum absolute atomic E-state index is 11.8. The number of hydrogen-bond acceptors (Lipinski definition) is 3. The lowest BCUT2D eigenvalue weighted by molar-refractivity contribution is 0.218. The van der Waals surface area contributed by atoms with Gasteiger partial charge in [-0.05, 0) is 38.0 Å². The van der Waals surface area contributed by atoms with Gasteiger partial charge in [0.1, 0.15) is 0 Å². The van der Waals surface area contributed by atoms with E-state index in [0.717, 1.165) is 5.56 Å². The van der Waals surface area contributed by atoms with Gasteiger partial charge in [-0.15, -0.1) is 0 Å². The fourth-order valence-corrected chi connectivity index (χ4v) is 1.61. The van der Waals surface area contributed by atoms with Crippen molar-refractivity contribution in [3.63, 3.8) is 0 Å². The summed E-state index contributed by atoms with van der Waals surface area (Å²) in [5.41, 5.74) is 1.12. The highest BCUT2D eigenvalue weighted by Crippen LogP contribution is 2.11. The summed E-state index contributed by atoms with van der Waals surface area (Å²) in [4.78, 5) is 11.8. The van der Waals surface area contributed by atoms with Crippen LogP contribution < -0.4 is 10.6 Å². The minimum Gasteiger partial charge on any atom is -0.396 e. The molecule has 0 bridgehead atoms. The van der Waals surface area contributed by atoms with Crippen LogP contribution in [0.15, 0.2) is 24.3 Å². The predicted molar refractivity (Wildman–Crippen MR) is 73.7 cm³/mol. The van der Waals surface area contributed by atoms with Crippen molar-refractivity contribution >= 4 is 11.7 Å². The van der Waals surface area contributed by atoms with Crippen molar-refractivity contribution < 1.29 is 9.90 Å². The van der Waals surface area contributed by atoms with Crippen molar-refractivity contribution in [1.29, 1.82) is 5.26 Å². The van der Waals surface area contributed by atoms with E-state index >= 15 is 0 Å². The van der Waals surface area contributed by atoms with Crippen LogP contribution in [-0.4, -0.2) is 23.3 Å². The van der Waals surface area contributed by atoms with Crippen LogP contribution in [0.2, 0.25) is 0 Å². The van der Waals surface area contributed by atoms with Gasteiger partial charge < -0.3 is 15.7 Å². The van der Waals surface area contributed by atoms with E-state index in [-0.39, 0.29) is 12.6 Å². The summed E-state index contributed by atoms with van der Waals surface area (Å²) in [5, 5.41) is 22.9.